The van der Waals surface area contributed by atoms with Crippen molar-refractivity contribution in [1.29, 1.82) is 0 Å². The summed E-state index contributed by atoms with van der Waals surface area (Å²) in [7, 11) is 0. The van der Waals surface area contributed by atoms with Crippen LogP contribution in [0.25, 0.3) is 0 Å². The first kappa shape index (κ1) is 12.0. The zero-order valence-corrected chi connectivity index (χ0v) is 9.29. The number of nitrogens with zero attached hydrogens (tertiary/aromatic N) is 2. The van der Waals surface area contributed by atoms with Gasteiger partial charge in [-0.2, -0.15) is 0 Å². The van der Waals surface area contributed by atoms with E-state index in [4.69, 9.17) is 0 Å². The van der Waals surface area contributed by atoms with Gasteiger partial charge in [-0.05, 0) is 22.4 Å². The van der Waals surface area contributed by atoms with Crippen LogP contribution in [0.2, 0.25) is 0 Å². The second-order valence-electron chi connectivity index (χ2n) is 2.84. The summed E-state index contributed by atoms with van der Waals surface area (Å²) in [4.78, 5) is 13.0. The molecule has 0 aromatic carbocycles. The van der Waals surface area contributed by atoms with Gasteiger partial charge in [0.05, 0.1) is 0 Å². The lowest BCUT2D eigenvalue weighted by Gasteiger charge is -2.04. The van der Waals surface area contributed by atoms with Crippen LogP contribution in [0.15, 0.2) is 6.07 Å². The molecule has 0 bridgehead atoms. The van der Waals surface area contributed by atoms with Gasteiger partial charge in [0.2, 0.25) is 5.69 Å². The van der Waals surface area contributed by atoms with Gasteiger partial charge in [-0.1, -0.05) is 15.9 Å². The molecule has 82 valence electrons. The van der Waals surface area contributed by atoms with E-state index in [1.54, 1.807) is 0 Å². The topological polar surface area (TPSA) is 56.0 Å². The fraction of sp³-hybridized carbons (Fsp3) is 0.375. The molecule has 0 aliphatic carbocycles. The monoisotopic (exact) mass is 280 g/mol. The maximum absolute atomic E-state index is 12.5. The Balaban J connectivity index is 3.38. The second-order valence-corrected chi connectivity index (χ2v) is 3.40. The number of pyridine rings is 1. The highest BCUT2D eigenvalue weighted by Gasteiger charge is 2.24. The fourth-order valence-corrected chi connectivity index (χ4v) is 1.70. The Morgan fingerprint density at radius 3 is 2.67 bits per heavy atom. The first-order valence-corrected chi connectivity index (χ1v) is 5.08. The average molecular weight is 281 g/mol. The van der Waals surface area contributed by atoms with Gasteiger partial charge in [0.1, 0.15) is 0 Å². The molecule has 0 aliphatic heterocycles. The van der Waals surface area contributed by atoms with Crippen LogP contribution in [0.4, 0.5) is 14.6 Å². The van der Waals surface area contributed by atoms with Crippen LogP contribution in [-0.2, 0) is 5.33 Å². The molecule has 1 heterocycles. The van der Waals surface area contributed by atoms with Crippen LogP contribution >= 0.6 is 15.9 Å². The molecule has 0 radical (unpaired) electrons. The van der Waals surface area contributed by atoms with Gasteiger partial charge in [0.25, 0.3) is 0 Å². The molecule has 0 saturated heterocycles. The molecule has 1 aromatic rings. The van der Waals surface area contributed by atoms with E-state index in [1.807, 2.05) is 0 Å². The number of halogens is 3. The number of aromatic nitrogens is 1. The molecule has 1 rings (SSSR count). The van der Waals surface area contributed by atoms with Crippen LogP contribution < -0.4 is 0 Å². The number of nitro groups is 1. The minimum absolute atomic E-state index is 0.280. The summed E-state index contributed by atoms with van der Waals surface area (Å²) in [6.07, 6.45) is -2.80. The number of hydrogen-bond acceptors (Lipinski definition) is 3. The number of hydrogen-bond donors (Lipinski definition) is 0. The van der Waals surface area contributed by atoms with Crippen LogP contribution in [0.1, 0.15) is 23.2 Å². The Bertz CT molecular complexity index is 398. The summed E-state index contributed by atoms with van der Waals surface area (Å²) < 4.78 is 25.0. The first-order chi connectivity index (χ1) is 6.97. The zero-order chi connectivity index (χ0) is 11.6. The molecule has 1 aromatic heterocycles. The van der Waals surface area contributed by atoms with Crippen molar-refractivity contribution in [2.75, 3.05) is 0 Å². The molecular formula is C8H7BrF2N2O2. The number of rotatable bonds is 3. The van der Waals surface area contributed by atoms with Crippen molar-refractivity contribution < 1.29 is 13.7 Å². The van der Waals surface area contributed by atoms with Crippen molar-refractivity contribution in [3.8, 4) is 0 Å². The SMILES string of the molecule is Cc1c(CBr)cc([N+](=O)[O-])nc1C(F)F. The molecule has 0 saturated carbocycles. The van der Waals surface area contributed by atoms with E-state index in [2.05, 4.69) is 20.9 Å². The Morgan fingerprint density at radius 1 is 1.67 bits per heavy atom. The molecule has 0 N–H and O–H groups in total. The lowest BCUT2D eigenvalue weighted by Crippen LogP contribution is -2.03. The maximum Gasteiger partial charge on any atom is 0.364 e. The van der Waals surface area contributed by atoms with Crippen molar-refractivity contribution in [3.63, 3.8) is 0 Å². The van der Waals surface area contributed by atoms with Crippen molar-refractivity contribution >= 4 is 21.7 Å². The average Bonchev–Trinajstić information content (AvgIpc) is 2.17. The molecule has 15 heavy (non-hydrogen) atoms. The summed E-state index contributed by atoms with van der Waals surface area (Å²) in [5, 5.41) is 10.7. The summed E-state index contributed by atoms with van der Waals surface area (Å²) in [6.45, 7) is 1.47. The van der Waals surface area contributed by atoms with Gasteiger partial charge in [0, 0.05) is 17.0 Å². The van der Waals surface area contributed by atoms with Gasteiger partial charge in [-0.15, -0.1) is 0 Å². The lowest BCUT2D eigenvalue weighted by atomic mass is 10.1. The molecular weight excluding hydrogens is 274 g/mol. The Labute approximate surface area is 92.6 Å². The summed E-state index contributed by atoms with van der Waals surface area (Å²) in [5.74, 6) is -0.551. The Hall–Kier alpha value is -1.11. The molecule has 7 heteroatoms. The van der Waals surface area contributed by atoms with E-state index >= 15 is 0 Å². The largest absolute Gasteiger partial charge is 0.364 e. The van der Waals surface area contributed by atoms with Gasteiger partial charge in [0.15, 0.2) is 0 Å². The molecule has 0 spiro atoms. The molecule has 0 amide bonds. The molecule has 0 aliphatic rings. The van der Waals surface area contributed by atoms with E-state index in [0.29, 0.717) is 5.56 Å². The van der Waals surface area contributed by atoms with Crippen molar-refractivity contribution in [2.24, 2.45) is 0 Å². The highest BCUT2D eigenvalue weighted by atomic mass is 79.9. The van der Waals surface area contributed by atoms with E-state index in [-0.39, 0.29) is 10.9 Å². The molecule has 0 unspecified atom stereocenters. The minimum Gasteiger partial charge on any atom is -0.358 e. The third kappa shape index (κ3) is 2.47. The van der Waals surface area contributed by atoms with Crippen LogP contribution in [-0.4, -0.2) is 9.91 Å². The lowest BCUT2D eigenvalue weighted by molar-refractivity contribution is -0.389. The first-order valence-electron chi connectivity index (χ1n) is 3.96. The smallest absolute Gasteiger partial charge is 0.358 e. The third-order valence-corrected chi connectivity index (χ3v) is 2.55. The number of alkyl halides is 3. The van der Waals surface area contributed by atoms with Gasteiger partial charge < -0.3 is 10.1 Å². The third-order valence-electron chi connectivity index (χ3n) is 1.94. The van der Waals surface area contributed by atoms with Gasteiger partial charge in [-0.3, -0.25) is 0 Å². The normalized spacial score (nSPS) is 10.7. The molecule has 0 fully saturated rings. The van der Waals surface area contributed by atoms with Crippen LogP contribution in [0, 0.1) is 17.0 Å². The zero-order valence-electron chi connectivity index (χ0n) is 7.71. The molecule has 4 nitrogen and oxygen atoms in total. The predicted molar refractivity (Wildman–Crippen MR) is 53.2 cm³/mol. The summed E-state index contributed by atoms with van der Waals surface area (Å²) in [6, 6.07) is 1.19. The highest BCUT2D eigenvalue weighted by molar-refractivity contribution is 9.08. The highest BCUT2D eigenvalue weighted by Crippen LogP contribution is 2.27. The van der Waals surface area contributed by atoms with Gasteiger partial charge >= 0.3 is 12.2 Å². The van der Waals surface area contributed by atoms with Crippen LogP contribution in [0.3, 0.4) is 0 Å². The maximum atomic E-state index is 12.5. The Morgan fingerprint density at radius 2 is 2.27 bits per heavy atom. The quantitative estimate of drug-likeness (QED) is 0.486. The van der Waals surface area contributed by atoms with Crippen molar-refractivity contribution in [3.05, 3.63) is 33.0 Å². The van der Waals surface area contributed by atoms with E-state index in [1.165, 1.54) is 13.0 Å². The Kier molecular flexibility index (Phi) is 3.67. The fourth-order valence-electron chi connectivity index (χ4n) is 1.11. The summed E-state index contributed by atoms with van der Waals surface area (Å²) in [5.41, 5.74) is 0.207. The second kappa shape index (κ2) is 4.61. The van der Waals surface area contributed by atoms with Crippen molar-refractivity contribution in [1.82, 2.24) is 4.98 Å². The molecule has 0 atom stereocenters. The minimum atomic E-state index is -2.80. The standard InChI is InChI=1S/C8H7BrF2N2O2/c1-4-5(3-9)2-6(13(14)15)12-7(4)8(10)11/h2,8H,3H2,1H3. The van der Waals surface area contributed by atoms with E-state index in [0.717, 1.165) is 0 Å². The van der Waals surface area contributed by atoms with E-state index < -0.39 is 22.9 Å². The predicted octanol–water partition coefficient (Wildman–Crippen LogP) is 3.13. The van der Waals surface area contributed by atoms with Crippen molar-refractivity contribution in [2.45, 2.75) is 18.7 Å². The summed E-state index contributed by atoms with van der Waals surface area (Å²) >= 11 is 3.08. The van der Waals surface area contributed by atoms with Crippen LogP contribution in [0.5, 0.6) is 0 Å². The van der Waals surface area contributed by atoms with Gasteiger partial charge in [-0.25, -0.2) is 8.78 Å². The van der Waals surface area contributed by atoms with E-state index in [9.17, 15) is 18.9 Å².